The summed E-state index contributed by atoms with van der Waals surface area (Å²) in [4.78, 5) is 0. The molecule has 0 saturated heterocycles. The van der Waals surface area contributed by atoms with Gasteiger partial charge in [0.15, 0.2) is 0 Å². The molecule has 10 heavy (non-hydrogen) atoms. The van der Waals surface area contributed by atoms with Gasteiger partial charge in [-0.3, -0.25) is 0 Å². The summed E-state index contributed by atoms with van der Waals surface area (Å²) in [5, 5.41) is 0. The SMILES string of the molecule is CC[C@H](C)[C@H](C)C(C)(C)C. The average molecular weight is 142 g/mol. The monoisotopic (exact) mass is 142 g/mol. The summed E-state index contributed by atoms with van der Waals surface area (Å²) < 4.78 is 0. The van der Waals surface area contributed by atoms with Crippen LogP contribution in [0.4, 0.5) is 0 Å². The predicted octanol–water partition coefficient (Wildman–Crippen LogP) is 3.71. The third kappa shape index (κ3) is 2.72. The van der Waals surface area contributed by atoms with E-state index >= 15 is 0 Å². The van der Waals surface area contributed by atoms with Gasteiger partial charge in [0.25, 0.3) is 0 Å². The largest absolute Gasteiger partial charge is 0.0651 e. The highest BCUT2D eigenvalue weighted by atomic mass is 14.3. The zero-order chi connectivity index (χ0) is 8.36. The maximum Gasteiger partial charge on any atom is -0.0354 e. The van der Waals surface area contributed by atoms with Crippen molar-refractivity contribution in [2.24, 2.45) is 17.3 Å². The zero-order valence-electron chi connectivity index (χ0n) is 8.36. The Labute approximate surface area is 66.0 Å². The van der Waals surface area contributed by atoms with Gasteiger partial charge in [-0.15, -0.1) is 0 Å². The molecule has 0 aromatic carbocycles. The Morgan fingerprint density at radius 1 is 1.10 bits per heavy atom. The summed E-state index contributed by atoms with van der Waals surface area (Å²) in [5.41, 5.74) is 0.482. The van der Waals surface area contributed by atoms with Crippen LogP contribution in [0, 0.1) is 17.3 Å². The molecule has 0 saturated carbocycles. The van der Waals surface area contributed by atoms with E-state index in [0.717, 1.165) is 11.8 Å². The minimum Gasteiger partial charge on any atom is -0.0651 e. The number of hydrogen-bond acceptors (Lipinski definition) is 0. The van der Waals surface area contributed by atoms with Crippen LogP contribution >= 0.6 is 0 Å². The van der Waals surface area contributed by atoms with Gasteiger partial charge in [0.05, 0.1) is 0 Å². The second-order valence-electron chi connectivity index (χ2n) is 4.54. The molecule has 0 fully saturated rings. The van der Waals surface area contributed by atoms with Crippen molar-refractivity contribution in [3.05, 3.63) is 0 Å². The minimum absolute atomic E-state index is 0.482. The molecule has 0 radical (unpaired) electrons. The summed E-state index contributed by atoms with van der Waals surface area (Å²) >= 11 is 0. The lowest BCUT2D eigenvalue weighted by Crippen LogP contribution is -2.23. The smallest absolute Gasteiger partial charge is 0.0354 e. The van der Waals surface area contributed by atoms with Crippen LogP contribution in [0.15, 0.2) is 0 Å². The van der Waals surface area contributed by atoms with E-state index in [9.17, 15) is 0 Å². The standard InChI is InChI=1S/C10H22/c1-7-8(2)9(3)10(4,5)6/h8-9H,7H2,1-6H3/t8-,9-/m0/s1. The Morgan fingerprint density at radius 2 is 1.50 bits per heavy atom. The lowest BCUT2D eigenvalue weighted by atomic mass is 9.74. The first-order valence-electron chi connectivity index (χ1n) is 4.39. The number of hydrogen-bond donors (Lipinski definition) is 0. The van der Waals surface area contributed by atoms with Gasteiger partial charge in [-0.05, 0) is 17.3 Å². The van der Waals surface area contributed by atoms with E-state index in [4.69, 9.17) is 0 Å². The molecule has 0 bridgehead atoms. The van der Waals surface area contributed by atoms with E-state index in [-0.39, 0.29) is 0 Å². The molecule has 0 nitrogen and oxygen atoms in total. The van der Waals surface area contributed by atoms with Crippen LogP contribution in [-0.4, -0.2) is 0 Å². The van der Waals surface area contributed by atoms with E-state index in [1.54, 1.807) is 0 Å². The Hall–Kier alpha value is 0. The van der Waals surface area contributed by atoms with Crippen LogP contribution in [0.5, 0.6) is 0 Å². The second-order valence-corrected chi connectivity index (χ2v) is 4.54. The molecule has 0 aliphatic rings. The van der Waals surface area contributed by atoms with E-state index in [0.29, 0.717) is 5.41 Å². The van der Waals surface area contributed by atoms with Crippen LogP contribution in [0.2, 0.25) is 0 Å². The van der Waals surface area contributed by atoms with Gasteiger partial charge >= 0.3 is 0 Å². The summed E-state index contributed by atoms with van der Waals surface area (Å²) in [6, 6.07) is 0. The molecule has 0 amide bonds. The highest BCUT2D eigenvalue weighted by Crippen LogP contribution is 2.32. The topological polar surface area (TPSA) is 0 Å². The molecule has 0 heteroatoms. The summed E-state index contributed by atoms with van der Waals surface area (Å²) in [6.07, 6.45) is 1.30. The van der Waals surface area contributed by atoms with E-state index in [1.807, 2.05) is 0 Å². The Bertz CT molecular complexity index is 86.7. The van der Waals surface area contributed by atoms with Crippen molar-refractivity contribution in [2.45, 2.75) is 48.0 Å². The first kappa shape index (κ1) is 10.0. The van der Waals surface area contributed by atoms with Crippen molar-refractivity contribution < 1.29 is 0 Å². The first-order chi connectivity index (χ1) is 4.39. The molecular weight excluding hydrogens is 120 g/mol. The molecular formula is C10H22. The minimum atomic E-state index is 0.482. The molecule has 0 aromatic rings. The fraction of sp³-hybridized carbons (Fsp3) is 1.00. The Balaban J connectivity index is 3.94. The second kappa shape index (κ2) is 3.41. The lowest BCUT2D eigenvalue weighted by molar-refractivity contribution is 0.184. The van der Waals surface area contributed by atoms with Crippen LogP contribution in [0.25, 0.3) is 0 Å². The third-order valence-electron chi connectivity index (χ3n) is 2.86. The normalized spacial score (nSPS) is 18.6. The molecule has 0 heterocycles. The first-order valence-corrected chi connectivity index (χ1v) is 4.39. The van der Waals surface area contributed by atoms with E-state index in [2.05, 4.69) is 41.5 Å². The zero-order valence-corrected chi connectivity index (χ0v) is 8.36. The maximum atomic E-state index is 2.36. The van der Waals surface area contributed by atoms with Gasteiger partial charge in [-0.25, -0.2) is 0 Å². The fourth-order valence-electron chi connectivity index (χ4n) is 1.21. The van der Waals surface area contributed by atoms with Crippen molar-refractivity contribution in [3.8, 4) is 0 Å². The Kier molecular flexibility index (Phi) is 3.41. The van der Waals surface area contributed by atoms with Crippen molar-refractivity contribution in [3.63, 3.8) is 0 Å². The molecule has 0 aliphatic carbocycles. The molecule has 62 valence electrons. The van der Waals surface area contributed by atoms with Crippen LogP contribution in [0.3, 0.4) is 0 Å². The third-order valence-corrected chi connectivity index (χ3v) is 2.86. The molecule has 2 atom stereocenters. The van der Waals surface area contributed by atoms with Gasteiger partial charge in [0, 0.05) is 0 Å². The van der Waals surface area contributed by atoms with E-state index in [1.165, 1.54) is 6.42 Å². The van der Waals surface area contributed by atoms with Crippen LogP contribution in [0.1, 0.15) is 48.0 Å². The van der Waals surface area contributed by atoms with Crippen molar-refractivity contribution in [1.82, 2.24) is 0 Å². The van der Waals surface area contributed by atoms with Crippen molar-refractivity contribution in [1.29, 1.82) is 0 Å². The summed E-state index contributed by atoms with van der Waals surface area (Å²) in [6.45, 7) is 13.9. The van der Waals surface area contributed by atoms with E-state index < -0.39 is 0 Å². The van der Waals surface area contributed by atoms with Gasteiger partial charge in [-0.1, -0.05) is 48.0 Å². The molecule has 0 unspecified atom stereocenters. The van der Waals surface area contributed by atoms with Gasteiger partial charge in [0.2, 0.25) is 0 Å². The molecule has 0 N–H and O–H groups in total. The average Bonchev–Trinajstić information content (AvgIpc) is 1.83. The van der Waals surface area contributed by atoms with Crippen molar-refractivity contribution in [2.75, 3.05) is 0 Å². The Morgan fingerprint density at radius 3 is 1.60 bits per heavy atom. The molecule has 0 spiro atoms. The van der Waals surface area contributed by atoms with Crippen LogP contribution in [-0.2, 0) is 0 Å². The van der Waals surface area contributed by atoms with Gasteiger partial charge in [-0.2, -0.15) is 0 Å². The predicted molar refractivity (Wildman–Crippen MR) is 48.1 cm³/mol. The highest BCUT2D eigenvalue weighted by molar-refractivity contribution is 4.73. The fourth-order valence-corrected chi connectivity index (χ4v) is 1.21. The van der Waals surface area contributed by atoms with Crippen molar-refractivity contribution >= 4 is 0 Å². The van der Waals surface area contributed by atoms with Gasteiger partial charge < -0.3 is 0 Å². The summed E-state index contributed by atoms with van der Waals surface area (Å²) in [5.74, 6) is 1.69. The molecule has 0 aliphatic heterocycles. The number of rotatable bonds is 2. The summed E-state index contributed by atoms with van der Waals surface area (Å²) in [7, 11) is 0. The highest BCUT2D eigenvalue weighted by Gasteiger charge is 2.23. The maximum absolute atomic E-state index is 2.36. The molecule has 0 aromatic heterocycles. The van der Waals surface area contributed by atoms with Crippen LogP contribution < -0.4 is 0 Å². The van der Waals surface area contributed by atoms with Gasteiger partial charge in [0.1, 0.15) is 0 Å². The molecule has 0 rings (SSSR count). The lowest BCUT2D eigenvalue weighted by Gasteiger charge is -2.31. The quantitative estimate of drug-likeness (QED) is 0.551.